The Balaban J connectivity index is 1.42. The normalized spacial score (nSPS) is 14.5. The van der Waals surface area contributed by atoms with E-state index in [1.165, 1.54) is 0 Å². The van der Waals surface area contributed by atoms with Crippen LogP contribution in [0.1, 0.15) is 47.4 Å². The second-order valence-corrected chi connectivity index (χ2v) is 8.42. The number of aryl methyl sites for hydroxylation is 1. The van der Waals surface area contributed by atoms with E-state index >= 15 is 0 Å². The molecule has 1 aliphatic heterocycles. The Morgan fingerprint density at radius 2 is 1.94 bits per heavy atom. The summed E-state index contributed by atoms with van der Waals surface area (Å²) in [6.07, 6.45) is 3.45. The largest absolute Gasteiger partial charge is 0.462 e. The fourth-order valence-corrected chi connectivity index (χ4v) is 4.42. The highest BCUT2D eigenvalue weighted by Crippen LogP contribution is 2.32. The van der Waals surface area contributed by atoms with Crippen molar-refractivity contribution < 1.29 is 9.53 Å². The molecular weight excluding hydrogens is 414 g/mol. The highest BCUT2D eigenvalue weighted by atomic mass is 16.5. The minimum atomic E-state index is -0.386. The molecule has 0 amide bonds. The summed E-state index contributed by atoms with van der Waals surface area (Å²) in [6.45, 7) is 5.71. The summed E-state index contributed by atoms with van der Waals surface area (Å²) < 4.78 is 5.29. The van der Waals surface area contributed by atoms with Gasteiger partial charge in [0.25, 0.3) is 0 Å². The Labute approximate surface area is 192 Å². The molecule has 2 aromatic heterocycles. The van der Waals surface area contributed by atoms with E-state index in [9.17, 15) is 4.79 Å². The lowest BCUT2D eigenvalue weighted by Gasteiger charge is -2.33. The molecule has 7 nitrogen and oxygen atoms in total. The van der Waals surface area contributed by atoms with Crippen molar-refractivity contribution in [3.63, 3.8) is 0 Å². The number of carbonyl (C=O) groups excluding carboxylic acids is 1. The molecule has 5 rings (SSSR count). The van der Waals surface area contributed by atoms with Crippen LogP contribution >= 0.6 is 0 Å². The number of nitrogens with one attached hydrogen (secondary N) is 1. The number of imidazole rings is 1. The van der Waals surface area contributed by atoms with Crippen LogP contribution in [0.15, 0.2) is 54.7 Å². The molecule has 33 heavy (non-hydrogen) atoms. The van der Waals surface area contributed by atoms with Crippen LogP contribution in [0.3, 0.4) is 0 Å². The third-order valence-corrected chi connectivity index (χ3v) is 6.13. The zero-order valence-electron chi connectivity index (χ0n) is 18.9. The number of piperidine rings is 1. The monoisotopic (exact) mass is 441 g/mol. The van der Waals surface area contributed by atoms with Gasteiger partial charge in [0.05, 0.1) is 17.6 Å². The first-order valence-electron chi connectivity index (χ1n) is 11.4. The summed E-state index contributed by atoms with van der Waals surface area (Å²) in [7, 11) is 0. The second kappa shape index (κ2) is 9.02. The van der Waals surface area contributed by atoms with E-state index in [0.29, 0.717) is 29.7 Å². The van der Waals surface area contributed by atoms with Crippen LogP contribution in [0.5, 0.6) is 0 Å². The van der Waals surface area contributed by atoms with Gasteiger partial charge in [0.1, 0.15) is 17.2 Å². The van der Waals surface area contributed by atoms with Gasteiger partial charge in [-0.05, 0) is 44.9 Å². The minimum absolute atomic E-state index is 0.312. The van der Waals surface area contributed by atoms with Crippen molar-refractivity contribution in [2.45, 2.75) is 32.6 Å². The van der Waals surface area contributed by atoms with Crippen molar-refractivity contribution in [3.05, 3.63) is 71.7 Å². The maximum atomic E-state index is 12.7. The van der Waals surface area contributed by atoms with E-state index in [1.54, 1.807) is 13.1 Å². The molecule has 1 aliphatic rings. The van der Waals surface area contributed by atoms with Crippen LogP contribution in [0.2, 0.25) is 0 Å². The number of aromatic amines is 1. The zero-order valence-corrected chi connectivity index (χ0v) is 18.9. The van der Waals surface area contributed by atoms with Gasteiger partial charge in [0.15, 0.2) is 5.82 Å². The summed E-state index contributed by atoms with van der Waals surface area (Å²) in [5.41, 5.74) is 4.55. The number of carbonyl (C=O) groups is 1. The number of hydrogen-bond donors (Lipinski definition) is 1. The maximum absolute atomic E-state index is 12.7. The van der Waals surface area contributed by atoms with Crippen molar-refractivity contribution in [2.75, 3.05) is 24.6 Å². The first-order valence-corrected chi connectivity index (χ1v) is 11.4. The molecule has 2 aromatic carbocycles. The predicted octanol–water partition coefficient (Wildman–Crippen LogP) is 4.89. The Kier molecular flexibility index (Phi) is 5.77. The van der Waals surface area contributed by atoms with Crippen molar-refractivity contribution in [1.29, 1.82) is 0 Å². The molecule has 0 unspecified atom stereocenters. The standard InChI is InChI=1S/C26H27N5O2/c1-3-33-26(32)20-16-27-23(19-8-6-7-17(2)15-19)30-25(20)31-13-11-18(12-14-31)24-28-21-9-4-5-10-22(21)29-24/h4-10,15-16,18H,3,11-14H2,1-2H3,(H,28,29). The van der Waals surface area contributed by atoms with Crippen molar-refractivity contribution in [1.82, 2.24) is 19.9 Å². The molecule has 0 spiro atoms. The summed E-state index contributed by atoms with van der Waals surface area (Å²) in [5.74, 6) is 2.24. The van der Waals surface area contributed by atoms with Gasteiger partial charge in [-0.2, -0.15) is 0 Å². The molecule has 1 fully saturated rings. The number of H-pyrrole nitrogens is 1. The Morgan fingerprint density at radius 3 is 2.70 bits per heavy atom. The van der Waals surface area contributed by atoms with Gasteiger partial charge in [-0.3, -0.25) is 0 Å². The highest BCUT2D eigenvalue weighted by molar-refractivity contribution is 5.95. The number of para-hydroxylation sites is 2. The average Bonchev–Trinajstić information content (AvgIpc) is 3.28. The Morgan fingerprint density at radius 1 is 1.12 bits per heavy atom. The molecule has 3 heterocycles. The number of rotatable bonds is 5. The van der Waals surface area contributed by atoms with Crippen LogP contribution in [0, 0.1) is 6.92 Å². The lowest BCUT2D eigenvalue weighted by Crippen LogP contribution is -2.35. The van der Waals surface area contributed by atoms with Gasteiger partial charge in [-0.1, -0.05) is 35.9 Å². The van der Waals surface area contributed by atoms with Crippen LogP contribution in [0.4, 0.5) is 5.82 Å². The van der Waals surface area contributed by atoms with E-state index < -0.39 is 0 Å². The molecule has 0 bridgehead atoms. The van der Waals surface area contributed by atoms with Crippen LogP contribution < -0.4 is 4.90 Å². The molecule has 168 valence electrons. The number of hydrogen-bond acceptors (Lipinski definition) is 6. The van der Waals surface area contributed by atoms with Crippen LogP contribution in [-0.4, -0.2) is 45.6 Å². The summed E-state index contributed by atoms with van der Waals surface area (Å²) in [4.78, 5) is 32.4. The van der Waals surface area contributed by atoms with Gasteiger partial charge < -0.3 is 14.6 Å². The lowest BCUT2D eigenvalue weighted by atomic mass is 9.96. The van der Waals surface area contributed by atoms with E-state index in [2.05, 4.69) is 27.0 Å². The smallest absolute Gasteiger partial charge is 0.343 e. The molecule has 4 aromatic rings. The summed E-state index contributed by atoms with van der Waals surface area (Å²) in [6, 6.07) is 16.2. The quantitative estimate of drug-likeness (QED) is 0.444. The first kappa shape index (κ1) is 21.1. The lowest BCUT2D eigenvalue weighted by molar-refractivity contribution is 0.0526. The topological polar surface area (TPSA) is 84.0 Å². The Bertz CT molecular complexity index is 1260. The van der Waals surface area contributed by atoms with Crippen LogP contribution in [-0.2, 0) is 4.74 Å². The molecule has 0 aliphatic carbocycles. The zero-order chi connectivity index (χ0) is 22.8. The van der Waals surface area contributed by atoms with Crippen LogP contribution in [0.25, 0.3) is 22.4 Å². The SMILES string of the molecule is CCOC(=O)c1cnc(-c2cccc(C)c2)nc1N1CCC(c2nc3ccccc3[nH]2)CC1. The van der Waals surface area contributed by atoms with Gasteiger partial charge >= 0.3 is 5.97 Å². The van der Waals surface area contributed by atoms with Crippen molar-refractivity contribution in [2.24, 2.45) is 0 Å². The second-order valence-electron chi connectivity index (χ2n) is 8.42. The molecule has 1 N–H and O–H groups in total. The van der Waals surface area contributed by atoms with Gasteiger partial charge in [0.2, 0.25) is 0 Å². The Hall–Kier alpha value is -3.74. The number of benzene rings is 2. The predicted molar refractivity (Wildman–Crippen MR) is 128 cm³/mol. The number of aromatic nitrogens is 4. The summed E-state index contributed by atoms with van der Waals surface area (Å²) >= 11 is 0. The fourth-order valence-electron chi connectivity index (χ4n) is 4.42. The minimum Gasteiger partial charge on any atom is -0.462 e. The fraction of sp³-hybridized carbons (Fsp3) is 0.308. The van der Waals surface area contributed by atoms with Crippen molar-refractivity contribution >= 4 is 22.8 Å². The van der Waals surface area contributed by atoms with Crippen molar-refractivity contribution in [3.8, 4) is 11.4 Å². The summed E-state index contributed by atoms with van der Waals surface area (Å²) in [5, 5.41) is 0. The number of anilines is 1. The van der Waals surface area contributed by atoms with E-state index in [0.717, 1.165) is 53.9 Å². The maximum Gasteiger partial charge on any atom is 0.343 e. The number of fused-ring (bicyclic) bond motifs is 1. The van der Waals surface area contributed by atoms with Gasteiger partial charge in [-0.25, -0.2) is 19.7 Å². The molecule has 0 atom stereocenters. The number of nitrogens with zero attached hydrogens (tertiary/aromatic N) is 4. The number of ether oxygens (including phenoxy) is 1. The highest BCUT2D eigenvalue weighted by Gasteiger charge is 2.28. The first-order chi connectivity index (χ1) is 16.1. The molecule has 0 radical (unpaired) electrons. The van der Waals surface area contributed by atoms with Gasteiger partial charge in [0, 0.05) is 30.8 Å². The average molecular weight is 442 g/mol. The van der Waals surface area contributed by atoms with E-state index in [-0.39, 0.29) is 5.97 Å². The molecule has 1 saturated heterocycles. The molecule has 0 saturated carbocycles. The molecular formula is C26H27N5O2. The van der Waals surface area contributed by atoms with Gasteiger partial charge in [-0.15, -0.1) is 0 Å². The van der Waals surface area contributed by atoms with E-state index in [4.69, 9.17) is 14.7 Å². The third kappa shape index (κ3) is 4.31. The van der Waals surface area contributed by atoms with E-state index in [1.807, 2.05) is 43.3 Å². The third-order valence-electron chi connectivity index (χ3n) is 6.13. The molecule has 7 heteroatoms. The number of esters is 1.